The maximum Gasteiger partial charge on any atom is 0.156 e. The van der Waals surface area contributed by atoms with Crippen LogP contribution >= 0.6 is 0 Å². The second-order valence-electron chi connectivity index (χ2n) is 5.74. The van der Waals surface area contributed by atoms with Crippen molar-refractivity contribution in [2.24, 2.45) is 5.92 Å². The van der Waals surface area contributed by atoms with Crippen LogP contribution in [0, 0.1) is 12.8 Å². The van der Waals surface area contributed by atoms with Gasteiger partial charge in [0.25, 0.3) is 0 Å². The molecule has 0 radical (unpaired) electrons. The lowest BCUT2D eigenvalue weighted by Gasteiger charge is -2.29. The molecule has 1 aromatic heterocycles. The minimum atomic E-state index is 0.290. The smallest absolute Gasteiger partial charge is 0.156 e. The topological polar surface area (TPSA) is 58.0 Å². The number of fused-ring (bicyclic) bond motifs is 1. The zero-order valence-electron chi connectivity index (χ0n) is 11.8. The fourth-order valence-electron chi connectivity index (χ4n) is 3.13. The van der Waals surface area contributed by atoms with Gasteiger partial charge < -0.3 is 10.4 Å². The fraction of sp³-hybridized carbons (Fsp3) is 0.500. The highest BCUT2D eigenvalue weighted by Crippen LogP contribution is 2.28. The number of aliphatic hydroxyl groups excluding tert-OH is 1. The Labute approximate surface area is 119 Å². The molecular weight excluding hydrogens is 250 g/mol. The summed E-state index contributed by atoms with van der Waals surface area (Å²) >= 11 is 0. The summed E-state index contributed by atoms with van der Waals surface area (Å²) < 4.78 is 0. The maximum atomic E-state index is 9.33. The number of nitrogens with one attached hydrogen (secondary N) is 1. The first-order valence-corrected chi connectivity index (χ1v) is 7.37. The van der Waals surface area contributed by atoms with Crippen LogP contribution in [-0.4, -0.2) is 28.0 Å². The van der Waals surface area contributed by atoms with Crippen LogP contribution in [0.4, 0.5) is 5.82 Å². The zero-order valence-corrected chi connectivity index (χ0v) is 11.8. The molecule has 106 valence electrons. The molecule has 1 aromatic carbocycles. The predicted molar refractivity (Wildman–Crippen MR) is 80.7 cm³/mol. The van der Waals surface area contributed by atoms with Crippen molar-refractivity contribution in [1.29, 1.82) is 0 Å². The van der Waals surface area contributed by atoms with Crippen LogP contribution in [-0.2, 0) is 0 Å². The molecule has 0 spiro atoms. The lowest BCUT2D eigenvalue weighted by molar-refractivity contribution is 0.184. The van der Waals surface area contributed by atoms with Gasteiger partial charge in [-0.05, 0) is 32.1 Å². The van der Waals surface area contributed by atoms with Gasteiger partial charge in [0, 0.05) is 23.4 Å². The van der Waals surface area contributed by atoms with Crippen molar-refractivity contribution in [3.8, 4) is 0 Å². The van der Waals surface area contributed by atoms with Crippen LogP contribution in [0.15, 0.2) is 24.3 Å². The molecule has 4 nitrogen and oxygen atoms in total. The highest BCUT2D eigenvalue weighted by molar-refractivity contribution is 5.92. The number of benzene rings is 1. The molecule has 0 unspecified atom stereocenters. The lowest BCUT2D eigenvalue weighted by atomic mass is 9.86. The number of hydrogen-bond acceptors (Lipinski definition) is 4. The van der Waals surface area contributed by atoms with Gasteiger partial charge in [0.15, 0.2) is 5.82 Å². The monoisotopic (exact) mass is 271 g/mol. The third-order valence-corrected chi connectivity index (χ3v) is 4.25. The molecule has 1 aliphatic rings. The lowest BCUT2D eigenvalue weighted by Crippen LogP contribution is -2.29. The summed E-state index contributed by atoms with van der Waals surface area (Å²) in [5, 5.41) is 23.7. The van der Waals surface area contributed by atoms with Gasteiger partial charge in [-0.15, -0.1) is 5.10 Å². The summed E-state index contributed by atoms with van der Waals surface area (Å²) in [5.41, 5.74) is 0.961. The van der Waals surface area contributed by atoms with Gasteiger partial charge in [-0.3, -0.25) is 0 Å². The van der Waals surface area contributed by atoms with Crippen LogP contribution in [0.1, 0.15) is 31.4 Å². The molecule has 2 atom stereocenters. The van der Waals surface area contributed by atoms with Crippen molar-refractivity contribution in [2.75, 3.05) is 11.9 Å². The summed E-state index contributed by atoms with van der Waals surface area (Å²) in [6.45, 7) is 2.28. The third kappa shape index (κ3) is 2.61. The largest absolute Gasteiger partial charge is 0.396 e. The summed E-state index contributed by atoms with van der Waals surface area (Å²) in [6, 6.07) is 8.63. The molecule has 1 heterocycles. The van der Waals surface area contributed by atoms with Crippen molar-refractivity contribution in [1.82, 2.24) is 10.2 Å². The average molecular weight is 271 g/mol. The molecule has 3 rings (SSSR count). The van der Waals surface area contributed by atoms with Gasteiger partial charge in [0.05, 0.1) is 5.69 Å². The van der Waals surface area contributed by atoms with Crippen molar-refractivity contribution in [3.05, 3.63) is 30.0 Å². The minimum absolute atomic E-state index is 0.290. The van der Waals surface area contributed by atoms with E-state index in [9.17, 15) is 5.11 Å². The molecule has 1 fully saturated rings. The van der Waals surface area contributed by atoms with E-state index in [2.05, 4.69) is 27.6 Å². The Morgan fingerprint density at radius 3 is 2.80 bits per heavy atom. The third-order valence-electron chi connectivity index (χ3n) is 4.25. The van der Waals surface area contributed by atoms with E-state index in [4.69, 9.17) is 0 Å². The van der Waals surface area contributed by atoms with Crippen molar-refractivity contribution < 1.29 is 5.11 Å². The molecule has 20 heavy (non-hydrogen) atoms. The number of aliphatic hydroxyl groups is 1. The molecule has 2 aromatic rings. The van der Waals surface area contributed by atoms with Crippen molar-refractivity contribution in [3.63, 3.8) is 0 Å². The first kappa shape index (κ1) is 13.3. The zero-order chi connectivity index (χ0) is 13.9. The molecule has 4 heteroatoms. The van der Waals surface area contributed by atoms with Gasteiger partial charge in [0.1, 0.15) is 0 Å². The fourth-order valence-corrected chi connectivity index (χ4v) is 3.13. The van der Waals surface area contributed by atoms with E-state index in [0.717, 1.165) is 41.5 Å². The highest BCUT2D eigenvalue weighted by atomic mass is 16.3. The molecule has 1 saturated carbocycles. The van der Waals surface area contributed by atoms with E-state index in [1.54, 1.807) is 0 Å². The van der Waals surface area contributed by atoms with Crippen LogP contribution in [0.5, 0.6) is 0 Å². The molecule has 2 N–H and O–H groups in total. The Balaban J connectivity index is 1.86. The standard InChI is InChI=1S/C16H21N3O/c1-11-14-7-2-3-8-15(14)16(19-18-11)17-13-6-4-5-12(9-13)10-20/h2-3,7-8,12-13,20H,4-6,9-10H2,1H3,(H,17,19)/t12-,13+/m1/s1. The van der Waals surface area contributed by atoms with E-state index < -0.39 is 0 Å². The second kappa shape index (κ2) is 5.75. The first-order valence-electron chi connectivity index (χ1n) is 7.37. The Bertz CT molecular complexity index is 599. The van der Waals surface area contributed by atoms with E-state index in [1.165, 1.54) is 6.42 Å². The van der Waals surface area contributed by atoms with E-state index in [-0.39, 0.29) is 0 Å². The quantitative estimate of drug-likeness (QED) is 0.901. The van der Waals surface area contributed by atoms with Crippen LogP contribution in [0.3, 0.4) is 0 Å². The van der Waals surface area contributed by atoms with E-state index in [0.29, 0.717) is 18.6 Å². The number of anilines is 1. The van der Waals surface area contributed by atoms with Crippen LogP contribution in [0.25, 0.3) is 10.8 Å². The minimum Gasteiger partial charge on any atom is -0.396 e. The summed E-state index contributed by atoms with van der Waals surface area (Å²) in [6.07, 6.45) is 4.45. The highest BCUT2D eigenvalue weighted by Gasteiger charge is 2.22. The SMILES string of the molecule is Cc1nnc(N[C@H]2CCC[C@@H](CO)C2)c2ccccc12. The number of rotatable bonds is 3. The van der Waals surface area contributed by atoms with Crippen LogP contribution < -0.4 is 5.32 Å². The molecule has 0 saturated heterocycles. The predicted octanol–water partition coefficient (Wildman–Crippen LogP) is 2.90. The number of hydrogen-bond donors (Lipinski definition) is 2. The molecule has 0 amide bonds. The van der Waals surface area contributed by atoms with Gasteiger partial charge >= 0.3 is 0 Å². The van der Waals surface area contributed by atoms with Crippen LogP contribution in [0.2, 0.25) is 0 Å². The van der Waals surface area contributed by atoms with Gasteiger partial charge in [0.2, 0.25) is 0 Å². The molecule has 0 bridgehead atoms. The molecule has 0 aliphatic heterocycles. The summed E-state index contributed by atoms with van der Waals surface area (Å²) in [5.74, 6) is 1.29. The maximum absolute atomic E-state index is 9.33. The average Bonchev–Trinajstić information content (AvgIpc) is 2.51. The van der Waals surface area contributed by atoms with Gasteiger partial charge in [-0.1, -0.05) is 30.7 Å². The van der Waals surface area contributed by atoms with Crippen molar-refractivity contribution in [2.45, 2.75) is 38.6 Å². The van der Waals surface area contributed by atoms with Crippen molar-refractivity contribution >= 4 is 16.6 Å². The molecule has 1 aliphatic carbocycles. The number of aryl methyl sites for hydroxylation is 1. The Morgan fingerprint density at radius 2 is 2.00 bits per heavy atom. The summed E-state index contributed by atoms with van der Waals surface area (Å²) in [7, 11) is 0. The Kier molecular flexibility index (Phi) is 3.83. The first-order chi connectivity index (χ1) is 9.78. The molecular formula is C16H21N3O. The second-order valence-corrected chi connectivity index (χ2v) is 5.74. The number of nitrogens with zero attached hydrogens (tertiary/aromatic N) is 2. The van der Waals surface area contributed by atoms with E-state index in [1.807, 2.05) is 19.1 Å². The Morgan fingerprint density at radius 1 is 1.20 bits per heavy atom. The normalized spacial score (nSPS) is 22.9. The van der Waals surface area contributed by atoms with Gasteiger partial charge in [-0.25, -0.2) is 0 Å². The van der Waals surface area contributed by atoms with Gasteiger partial charge in [-0.2, -0.15) is 5.10 Å². The van der Waals surface area contributed by atoms with E-state index >= 15 is 0 Å². The Hall–Kier alpha value is -1.68. The number of aromatic nitrogens is 2. The summed E-state index contributed by atoms with van der Waals surface area (Å²) in [4.78, 5) is 0.